The Morgan fingerprint density at radius 2 is 1.50 bits per heavy atom. The topological polar surface area (TPSA) is 0 Å². The molecule has 1 heteroatoms. The number of halogens is 1. The van der Waals surface area contributed by atoms with E-state index in [1.165, 1.54) is 38.5 Å². The molecule has 0 aromatic carbocycles. The molecule has 0 aromatic heterocycles. The van der Waals surface area contributed by atoms with E-state index in [4.69, 9.17) is 0 Å². The molecule has 1 aliphatic rings. The highest BCUT2D eigenvalue weighted by Gasteiger charge is 2.15. The Labute approximate surface area is 74.9 Å². The summed E-state index contributed by atoms with van der Waals surface area (Å²) in [4.78, 5) is 0. The van der Waals surface area contributed by atoms with E-state index in [0.29, 0.717) is 5.92 Å². The summed E-state index contributed by atoms with van der Waals surface area (Å²) in [5.41, 5.74) is 0.997. The van der Waals surface area contributed by atoms with E-state index >= 15 is 0 Å². The minimum atomic E-state index is 0.0434. The molecule has 0 atom stereocenters. The van der Waals surface area contributed by atoms with Crippen LogP contribution in [0.4, 0.5) is 4.39 Å². The van der Waals surface area contributed by atoms with Crippen LogP contribution in [-0.2, 0) is 0 Å². The third-order valence-corrected chi connectivity index (χ3v) is 3.01. The lowest BCUT2D eigenvalue weighted by molar-refractivity contribution is 0.499. The van der Waals surface area contributed by atoms with Crippen molar-refractivity contribution in [3.8, 4) is 0 Å². The molecule has 1 rings (SSSR count). The Bertz CT molecular complexity index is 158. The van der Waals surface area contributed by atoms with Gasteiger partial charge in [-0.15, -0.1) is 0 Å². The Balaban J connectivity index is 2.54. The van der Waals surface area contributed by atoms with Gasteiger partial charge in [-0.1, -0.05) is 25.7 Å². The number of hydrogen-bond donors (Lipinski definition) is 0. The average molecular weight is 170 g/mol. The van der Waals surface area contributed by atoms with E-state index in [0.717, 1.165) is 5.57 Å². The van der Waals surface area contributed by atoms with Gasteiger partial charge in [0.1, 0.15) is 0 Å². The highest BCUT2D eigenvalue weighted by atomic mass is 19.1. The van der Waals surface area contributed by atoms with E-state index in [-0.39, 0.29) is 5.83 Å². The highest BCUT2D eigenvalue weighted by Crippen LogP contribution is 2.30. The summed E-state index contributed by atoms with van der Waals surface area (Å²) in [6.07, 6.45) is 7.66. The molecule has 0 radical (unpaired) electrons. The number of hydrogen-bond acceptors (Lipinski definition) is 0. The van der Waals surface area contributed by atoms with Crippen molar-refractivity contribution in [2.45, 2.75) is 52.4 Å². The summed E-state index contributed by atoms with van der Waals surface area (Å²) in [6, 6.07) is 0. The van der Waals surface area contributed by atoms with E-state index < -0.39 is 0 Å². The fourth-order valence-corrected chi connectivity index (χ4v) is 1.99. The van der Waals surface area contributed by atoms with Crippen LogP contribution in [0, 0.1) is 5.92 Å². The van der Waals surface area contributed by atoms with Crippen LogP contribution in [0.3, 0.4) is 0 Å². The molecule has 0 N–H and O–H groups in total. The molecule has 0 heterocycles. The van der Waals surface area contributed by atoms with E-state index in [9.17, 15) is 4.39 Å². The van der Waals surface area contributed by atoms with Gasteiger partial charge in [0.25, 0.3) is 0 Å². The fourth-order valence-electron chi connectivity index (χ4n) is 1.99. The van der Waals surface area contributed by atoms with Crippen LogP contribution in [-0.4, -0.2) is 0 Å². The summed E-state index contributed by atoms with van der Waals surface area (Å²) in [5.74, 6) is 0.583. The maximum absolute atomic E-state index is 12.9. The lowest BCUT2D eigenvalue weighted by Gasteiger charge is -2.14. The second kappa shape index (κ2) is 4.64. The maximum Gasteiger partial charge on any atom is 0.0960 e. The monoisotopic (exact) mass is 170 g/mol. The SMILES string of the molecule is CC(F)=C(C)C1CCCCCC1. The lowest BCUT2D eigenvalue weighted by atomic mass is 9.92. The quantitative estimate of drug-likeness (QED) is 0.517. The van der Waals surface area contributed by atoms with Crippen LogP contribution in [0.25, 0.3) is 0 Å². The Hall–Kier alpha value is -0.330. The van der Waals surface area contributed by atoms with Crippen molar-refractivity contribution in [2.75, 3.05) is 0 Å². The van der Waals surface area contributed by atoms with Gasteiger partial charge in [0.15, 0.2) is 0 Å². The molecule has 0 amide bonds. The van der Waals surface area contributed by atoms with Crippen LogP contribution in [0.1, 0.15) is 52.4 Å². The van der Waals surface area contributed by atoms with Gasteiger partial charge in [0.2, 0.25) is 0 Å². The lowest BCUT2D eigenvalue weighted by Crippen LogP contribution is -2.01. The standard InChI is InChI=1S/C11H19F/c1-9(10(2)12)11-7-5-3-4-6-8-11/h11H,3-8H2,1-2H3. The number of allylic oxidation sites excluding steroid dienone is 2. The molecule has 0 aliphatic heterocycles. The maximum atomic E-state index is 12.9. The Morgan fingerprint density at radius 3 is 1.92 bits per heavy atom. The molecule has 1 fully saturated rings. The Morgan fingerprint density at radius 1 is 1.00 bits per heavy atom. The zero-order chi connectivity index (χ0) is 8.97. The third kappa shape index (κ3) is 2.62. The van der Waals surface area contributed by atoms with Crippen molar-refractivity contribution in [1.82, 2.24) is 0 Å². The predicted octanol–water partition coefficient (Wildman–Crippen LogP) is 4.22. The molecule has 0 unspecified atom stereocenters. The highest BCUT2D eigenvalue weighted by molar-refractivity contribution is 5.07. The second-order valence-corrected chi connectivity index (χ2v) is 3.90. The van der Waals surface area contributed by atoms with Gasteiger partial charge in [-0.2, -0.15) is 0 Å². The third-order valence-electron chi connectivity index (χ3n) is 3.01. The number of rotatable bonds is 1. The zero-order valence-electron chi connectivity index (χ0n) is 8.20. The first kappa shape index (κ1) is 9.76. The zero-order valence-corrected chi connectivity index (χ0v) is 8.20. The smallest absolute Gasteiger partial charge is 0.0960 e. The van der Waals surface area contributed by atoms with Crippen LogP contribution >= 0.6 is 0 Å². The van der Waals surface area contributed by atoms with E-state index in [2.05, 4.69) is 0 Å². The van der Waals surface area contributed by atoms with Crippen LogP contribution < -0.4 is 0 Å². The van der Waals surface area contributed by atoms with Gasteiger partial charge in [-0.25, -0.2) is 4.39 Å². The molecular formula is C11H19F. The summed E-state index contributed by atoms with van der Waals surface area (Å²) >= 11 is 0. The van der Waals surface area contributed by atoms with Gasteiger partial charge in [-0.3, -0.25) is 0 Å². The first-order chi connectivity index (χ1) is 5.72. The van der Waals surface area contributed by atoms with E-state index in [1.54, 1.807) is 6.92 Å². The molecule has 12 heavy (non-hydrogen) atoms. The Kier molecular flexibility index (Phi) is 3.77. The van der Waals surface area contributed by atoms with Gasteiger partial charge >= 0.3 is 0 Å². The van der Waals surface area contributed by atoms with E-state index in [1.807, 2.05) is 6.92 Å². The van der Waals surface area contributed by atoms with Gasteiger partial charge in [0, 0.05) is 0 Å². The van der Waals surface area contributed by atoms with Crippen LogP contribution in [0.15, 0.2) is 11.4 Å². The van der Waals surface area contributed by atoms with Crippen molar-refractivity contribution < 1.29 is 4.39 Å². The minimum Gasteiger partial charge on any atom is -0.212 e. The van der Waals surface area contributed by atoms with Crippen LogP contribution in [0.5, 0.6) is 0 Å². The molecular weight excluding hydrogens is 151 g/mol. The minimum absolute atomic E-state index is 0.0434. The summed E-state index contributed by atoms with van der Waals surface area (Å²) in [6.45, 7) is 3.53. The van der Waals surface area contributed by atoms with Gasteiger partial charge in [-0.05, 0) is 38.2 Å². The normalized spacial score (nSPS) is 23.2. The van der Waals surface area contributed by atoms with Crippen molar-refractivity contribution in [3.05, 3.63) is 11.4 Å². The van der Waals surface area contributed by atoms with Crippen molar-refractivity contribution in [2.24, 2.45) is 5.92 Å². The summed E-state index contributed by atoms with van der Waals surface area (Å²) in [5, 5.41) is 0. The predicted molar refractivity (Wildman–Crippen MR) is 50.7 cm³/mol. The van der Waals surface area contributed by atoms with Crippen molar-refractivity contribution in [3.63, 3.8) is 0 Å². The fraction of sp³-hybridized carbons (Fsp3) is 0.818. The first-order valence-corrected chi connectivity index (χ1v) is 5.04. The van der Waals surface area contributed by atoms with Crippen LogP contribution in [0.2, 0.25) is 0 Å². The molecule has 0 saturated heterocycles. The molecule has 0 bridgehead atoms. The average Bonchev–Trinajstić information content (AvgIpc) is 2.30. The van der Waals surface area contributed by atoms with Crippen molar-refractivity contribution >= 4 is 0 Å². The van der Waals surface area contributed by atoms with Gasteiger partial charge in [0.05, 0.1) is 5.83 Å². The summed E-state index contributed by atoms with van der Waals surface area (Å²) in [7, 11) is 0. The second-order valence-electron chi connectivity index (χ2n) is 3.90. The molecule has 1 aliphatic carbocycles. The molecule has 0 aromatic rings. The molecule has 1 saturated carbocycles. The van der Waals surface area contributed by atoms with Gasteiger partial charge < -0.3 is 0 Å². The molecule has 0 spiro atoms. The largest absolute Gasteiger partial charge is 0.212 e. The molecule has 70 valence electrons. The summed E-state index contributed by atoms with van der Waals surface area (Å²) < 4.78 is 12.9. The van der Waals surface area contributed by atoms with Crippen molar-refractivity contribution in [1.29, 1.82) is 0 Å². The first-order valence-electron chi connectivity index (χ1n) is 5.04. The molecule has 0 nitrogen and oxygen atoms in total.